The quantitative estimate of drug-likeness (QED) is 0.525. The molecule has 1 aromatic carbocycles. The lowest BCUT2D eigenvalue weighted by molar-refractivity contribution is -0.131. The van der Waals surface area contributed by atoms with E-state index in [9.17, 15) is 9.59 Å². The van der Waals surface area contributed by atoms with Crippen LogP contribution in [0.3, 0.4) is 0 Å². The first-order valence-electron chi connectivity index (χ1n) is 9.89. The van der Waals surface area contributed by atoms with Crippen LogP contribution in [0.25, 0.3) is 16.7 Å². The van der Waals surface area contributed by atoms with Crippen molar-refractivity contribution < 1.29 is 4.79 Å². The summed E-state index contributed by atoms with van der Waals surface area (Å²) >= 11 is 0. The summed E-state index contributed by atoms with van der Waals surface area (Å²) in [6.07, 6.45) is 2.35. The van der Waals surface area contributed by atoms with Crippen molar-refractivity contribution >= 4 is 22.6 Å². The van der Waals surface area contributed by atoms with Crippen LogP contribution in [0.2, 0.25) is 0 Å². The lowest BCUT2D eigenvalue weighted by Crippen LogP contribution is -2.32. The molecular formula is C21H23N7O2. The molecule has 0 radical (unpaired) electrons. The van der Waals surface area contributed by atoms with Crippen LogP contribution in [0.4, 0.5) is 0 Å². The van der Waals surface area contributed by atoms with Crippen LogP contribution in [0, 0.1) is 13.8 Å². The van der Waals surface area contributed by atoms with E-state index in [1.54, 1.807) is 27.6 Å². The van der Waals surface area contributed by atoms with Gasteiger partial charge in [-0.15, -0.1) is 0 Å². The maximum atomic E-state index is 12.9. The zero-order chi connectivity index (χ0) is 21.3. The van der Waals surface area contributed by atoms with Crippen molar-refractivity contribution in [3.63, 3.8) is 0 Å². The highest BCUT2D eigenvalue weighted by molar-refractivity contribution is 5.78. The molecule has 30 heavy (non-hydrogen) atoms. The van der Waals surface area contributed by atoms with E-state index in [4.69, 9.17) is 0 Å². The zero-order valence-corrected chi connectivity index (χ0v) is 17.2. The Bertz CT molecular complexity index is 1290. The predicted octanol–water partition coefficient (Wildman–Crippen LogP) is 1.96. The molecule has 9 heteroatoms. The van der Waals surface area contributed by atoms with Crippen LogP contribution in [0.15, 0.2) is 35.4 Å². The summed E-state index contributed by atoms with van der Waals surface area (Å²) < 4.78 is 1.69. The molecule has 154 valence electrons. The van der Waals surface area contributed by atoms with Gasteiger partial charge >= 0.3 is 0 Å². The van der Waals surface area contributed by atoms with Crippen molar-refractivity contribution in [2.24, 2.45) is 0 Å². The number of nitrogens with zero attached hydrogens (tertiary/aromatic N) is 6. The molecule has 0 unspecified atom stereocenters. The van der Waals surface area contributed by atoms with Crippen LogP contribution in [-0.4, -0.2) is 46.9 Å². The largest absolute Gasteiger partial charge is 0.335 e. The molecule has 3 aromatic heterocycles. The number of para-hydroxylation sites is 1. The average molecular weight is 405 g/mol. The number of hydrogen-bond acceptors (Lipinski definition) is 6. The Balaban J connectivity index is 1.51. The van der Waals surface area contributed by atoms with Crippen LogP contribution in [0.5, 0.6) is 0 Å². The Morgan fingerprint density at radius 1 is 1.20 bits per heavy atom. The molecule has 4 rings (SSSR count). The van der Waals surface area contributed by atoms with Gasteiger partial charge in [0.1, 0.15) is 12.2 Å². The molecule has 0 aliphatic rings. The maximum Gasteiger partial charge on any atom is 0.258 e. The second-order valence-electron chi connectivity index (χ2n) is 7.17. The van der Waals surface area contributed by atoms with E-state index < -0.39 is 0 Å². The second-order valence-corrected chi connectivity index (χ2v) is 7.17. The smallest absolute Gasteiger partial charge is 0.258 e. The Morgan fingerprint density at radius 2 is 2.00 bits per heavy atom. The molecule has 0 saturated carbocycles. The molecule has 1 amide bonds. The number of rotatable bonds is 6. The molecule has 0 bridgehead atoms. The zero-order valence-electron chi connectivity index (χ0n) is 17.2. The fourth-order valence-electron chi connectivity index (χ4n) is 3.67. The Hall–Kier alpha value is -3.62. The molecular weight excluding hydrogens is 382 g/mol. The van der Waals surface area contributed by atoms with Gasteiger partial charge < -0.3 is 9.88 Å². The van der Waals surface area contributed by atoms with Gasteiger partial charge in [-0.3, -0.25) is 9.59 Å². The molecule has 0 saturated heterocycles. The fraction of sp³-hybridized carbons (Fsp3) is 0.333. The molecule has 0 fully saturated rings. The van der Waals surface area contributed by atoms with Crippen molar-refractivity contribution in [3.8, 4) is 0 Å². The highest BCUT2D eigenvalue weighted by atomic mass is 16.2. The van der Waals surface area contributed by atoms with E-state index in [0.717, 1.165) is 17.0 Å². The topological polar surface area (TPSA) is 109 Å². The average Bonchev–Trinajstić information content (AvgIpc) is 3.20. The predicted molar refractivity (Wildman–Crippen MR) is 112 cm³/mol. The van der Waals surface area contributed by atoms with Crippen LogP contribution in [-0.2, 0) is 17.8 Å². The van der Waals surface area contributed by atoms with Crippen molar-refractivity contribution in [2.45, 2.75) is 40.2 Å². The number of nitrogens with one attached hydrogen (secondary N) is 1. The van der Waals surface area contributed by atoms with Gasteiger partial charge in [0.2, 0.25) is 5.91 Å². The normalized spacial score (nSPS) is 11.3. The van der Waals surface area contributed by atoms with Crippen LogP contribution in [0.1, 0.15) is 36.1 Å². The summed E-state index contributed by atoms with van der Waals surface area (Å²) in [5.41, 5.74) is 3.21. The minimum absolute atomic E-state index is 0.00852. The van der Waals surface area contributed by atoms with Gasteiger partial charge in [0, 0.05) is 24.4 Å². The molecule has 9 nitrogen and oxygen atoms in total. The number of aryl methyl sites for hydroxylation is 2. The third kappa shape index (κ3) is 3.66. The monoisotopic (exact) mass is 405 g/mol. The number of carbonyl (C=O) groups is 1. The van der Waals surface area contributed by atoms with Crippen molar-refractivity contribution in [1.29, 1.82) is 0 Å². The Morgan fingerprint density at radius 3 is 2.80 bits per heavy atom. The Kier molecular flexibility index (Phi) is 5.26. The van der Waals surface area contributed by atoms with Crippen LogP contribution >= 0.6 is 0 Å². The number of fused-ring (bicyclic) bond motifs is 2. The number of aromatic amines is 1. The minimum Gasteiger partial charge on any atom is -0.335 e. The maximum absolute atomic E-state index is 12.9. The van der Waals surface area contributed by atoms with E-state index >= 15 is 0 Å². The van der Waals surface area contributed by atoms with Gasteiger partial charge in [0.15, 0.2) is 0 Å². The van der Waals surface area contributed by atoms with Gasteiger partial charge in [-0.25, -0.2) is 14.5 Å². The summed E-state index contributed by atoms with van der Waals surface area (Å²) in [5, 5.41) is 4.73. The highest BCUT2D eigenvalue weighted by Crippen LogP contribution is 2.16. The summed E-state index contributed by atoms with van der Waals surface area (Å²) in [4.78, 5) is 42.7. The fourth-order valence-corrected chi connectivity index (χ4v) is 3.67. The second kappa shape index (κ2) is 8.02. The SMILES string of the molecule is CCN(Cc1nc2ccccc2c(=O)[nH]1)C(=O)CCc1c(C)nc2ncnn2c1C. The molecule has 0 spiro atoms. The third-order valence-electron chi connectivity index (χ3n) is 5.31. The lowest BCUT2D eigenvalue weighted by atomic mass is 10.1. The van der Waals surface area contributed by atoms with Gasteiger partial charge in [-0.05, 0) is 44.9 Å². The minimum atomic E-state index is -0.197. The first-order valence-corrected chi connectivity index (χ1v) is 9.89. The molecule has 0 atom stereocenters. The summed E-state index contributed by atoms with van der Waals surface area (Å²) in [7, 11) is 0. The first kappa shape index (κ1) is 19.7. The molecule has 0 aliphatic heterocycles. The standard InChI is InChI=1S/C21H23N7O2/c1-4-27(11-18-25-17-8-6-5-7-16(17)20(30)26-18)19(29)10-9-15-13(2)24-21-22-12-23-28(21)14(15)3/h5-8,12H,4,9-11H2,1-3H3,(H,25,26,30). The first-order chi connectivity index (χ1) is 14.5. The van der Waals surface area contributed by atoms with E-state index in [0.29, 0.717) is 41.9 Å². The van der Waals surface area contributed by atoms with Gasteiger partial charge in [-0.2, -0.15) is 10.1 Å². The van der Waals surface area contributed by atoms with Gasteiger partial charge in [-0.1, -0.05) is 12.1 Å². The lowest BCUT2D eigenvalue weighted by Gasteiger charge is -2.21. The molecule has 0 aliphatic carbocycles. The van der Waals surface area contributed by atoms with Gasteiger partial charge in [0.25, 0.3) is 11.3 Å². The van der Waals surface area contributed by atoms with E-state index in [1.807, 2.05) is 26.8 Å². The van der Waals surface area contributed by atoms with Crippen molar-refractivity contribution in [3.05, 3.63) is 63.7 Å². The van der Waals surface area contributed by atoms with Crippen molar-refractivity contribution in [1.82, 2.24) is 34.4 Å². The number of carbonyl (C=O) groups excluding carboxylic acids is 1. The van der Waals surface area contributed by atoms with Crippen molar-refractivity contribution in [2.75, 3.05) is 6.54 Å². The number of amides is 1. The number of H-pyrrole nitrogens is 1. The van der Waals surface area contributed by atoms with Gasteiger partial charge in [0.05, 0.1) is 17.4 Å². The summed E-state index contributed by atoms with van der Waals surface area (Å²) in [6.45, 7) is 6.57. The summed E-state index contributed by atoms with van der Waals surface area (Å²) in [5.74, 6) is 1.03. The molecule has 1 N–H and O–H groups in total. The number of hydrogen-bond donors (Lipinski definition) is 1. The highest BCUT2D eigenvalue weighted by Gasteiger charge is 2.17. The Labute approximate surface area is 172 Å². The van der Waals surface area contributed by atoms with Crippen LogP contribution < -0.4 is 5.56 Å². The molecule has 4 aromatic rings. The molecule has 3 heterocycles. The van der Waals surface area contributed by atoms with E-state index in [-0.39, 0.29) is 18.0 Å². The van der Waals surface area contributed by atoms with E-state index in [1.165, 1.54) is 6.33 Å². The van der Waals surface area contributed by atoms with E-state index in [2.05, 4.69) is 25.0 Å². The number of aromatic nitrogens is 6. The number of benzene rings is 1. The summed E-state index contributed by atoms with van der Waals surface area (Å²) in [6, 6.07) is 7.17. The third-order valence-corrected chi connectivity index (χ3v) is 5.31.